The lowest BCUT2D eigenvalue weighted by atomic mass is 9.75. The van der Waals surface area contributed by atoms with Crippen LogP contribution in [0.3, 0.4) is 0 Å². The topological polar surface area (TPSA) is 0 Å². The molecule has 1 atom stereocenters. The minimum Gasteiger partial charge on any atom is -0.105 e. The fourth-order valence-electron chi connectivity index (χ4n) is 5.75. The van der Waals surface area contributed by atoms with Gasteiger partial charge in [0.15, 0.2) is 0 Å². The molecular formula is C27H37P. The van der Waals surface area contributed by atoms with Gasteiger partial charge in [0.05, 0.1) is 0 Å². The van der Waals surface area contributed by atoms with Gasteiger partial charge in [-0.15, -0.1) is 9.24 Å². The molecular weight excluding hydrogens is 355 g/mol. The average molecular weight is 393 g/mol. The van der Waals surface area contributed by atoms with Gasteiger partial charge in [-0.1, -0.05) is 88.8 Å². The maximum Gasteiger partial charge on any atom is -0.0106 e. The van der Waals surface area contributed by atoms with E-state index in [4.69, 9.17) is 0 Å². The van der Waals surface area contributed by atoms with Crippen LogP contribution < -0.4 is 5.30 Å². The second-order valence-corrected chi connectivity index (χ2v) is 10.0. The van der Waals surface area contributed by atoms with Gasteiger partial charge in [0, 0.05) is 0 Å². The summed E-state index contributed by atoms with van der Waals surface area (Å²) in [6.45, 7) is 4.64. The van der Waals surface area contributed by atoms with Crippen molar-refractivity contribution in [1.82, 2.24) is 0 Å². The Hall–Kier alpha value is -1.13. The summed E-state index contributed by atoms with van der Waals surface area (Å²) in [7, 11) is 3.20. The molecule has 150 valence electrons. The highest BCUT2D eigenvalue weighted by molar-refractivity contribution is 7.28. The van der Waals surface area contributed by atoms with E-state index in [0.717, 1.165) is 11.8 Å². The normalized spacial score (nSPS) is 19.3. The summed E-state index contributed by atoms with van der Waals surface area (Å²) in [4.78, 5) is 0. The van der Waals surface area contributed by atoms with Crippen molar-refractivity contribution < 1.29 is 0 Å². The number of hydrogen-bond donors (Lipinski definition) is 0. The van der Waals surface area contributed by atoms with Crippen LogP contribution in [0.15, 0.2) is 36.4 Å². The van der Waals surface area contributed by atoms with Crippen LogP contribution in [0, 0.1) is 0 Å². The van der Waals surface area contributed by atoms with Crippen molar-refractivity contribution in [2.45, 2.75) is 95.8 Å². The third-order valence-electron chi connectivity index (χ3n) is 7.25. The first kappa shape index (κ1) is 20.2. The quantitative estimate of drug-likeness (QED) is 0.461. The molecule has 0 amide bonds. The Balaban J connectivity index is 1.83. The molecule has 0 aliphatic heterocycles. The maximum atomic E-state index is 3.20. The van der Waals surface area contributed by atoms with Gasteiger partial charge in [0.1, 0.15) is 0 Å². The fraction of sp³-hybridized carbons (Fsp3) is 0.556. The lowest BCUT2D eigenvalue weighted by molar-refractivity contribution is 0.420. The van der Waals surface area contributed by atoms with E-state index < -0.39 is 0 Å². The molecule has 1 unspecified atom stereocenters. The molecule has 2 aliphatic rings. The van der Waals surface area contributed by atoms with Crippen molar-refractivity contribution in [2.75, 3.05) is 0 Å². The number of benzene rings is 2. The molecule has 28 heavy (non-hydrogen) atoms. The van der Waals surface area contributed by atoms with Gasteiger partial charge in [-0.2, -0.15) is 0 Å². The highest BCUT2D eigenvalue weighted by Gasteiger charge is 2.27. The van der Waals surface area contributed by atoms with Crippen LogP contribution in [-0.4, -0.2) is 0 Å². The summed E-state index contributed by atoms with van der Waals surface area (Å²) in [5.41, 5.74) is 7.78. The molecule has 1 heteroatoms. The molecule has 0 bridgehead atoms. The van der Waals surface area contributed by atoms with Crippen LogP contribution in [0.25, 0.3) is 11.1 Å². The van der Waals surface area contributed by atoms with Crippen molar-refractivity contribution in [1.29, 1.82) is 0 Å². The Kier molecular flexibility index (Phi) is 6.57. The van der Waals surface area contributed by atoms with Crippen molar-refractivity contribution in [2.24, 2.45) is 0 Å². The first-order chi connectivity index (χ1) is 13.7. The smallest absolute Gasteiger partial charge is 0.0106 e. The molecule has 0 aromatic heterocycles. The van der Waals surface area contributed by atoms with Crippen LogP contribution in [-0.2, 0) is 0 Å². The van der Waals surface area contributed by atoms with Gasteiger partial charge in [0.2, 0.25) is 0 Å². The summed E-state index contributed by atoms with van der Waals surface area (Å²) in [5.74, 6) is 2.11. The van der Waals surface area contributed by atoms with Gasteiger partial charge < -0.3 is 0 Å². The second kappa shape index (κ2) is 9.13. The Morgan fingerprint density at radius 3 is 1.96 bits per heavy atom. The first-order valence-corrected chi connectivity index (χ1v) is 12.3. The average Bonchev–Trinajstić information content (AvgIpc) is 2.74. The first-order valence-electron chi connectivity index (χ1n) is 11.7. The lowest BCUT2D eigenvalue weighted by Gasteiger charge is -2.32. The van der Waals surface area contributed by atoms with Crippen LogP contribution in [0.5, 0.6) is 0 Å². The van der Waals surface area contributed by atoms with E-state index in [1.165, 1.54) is 86.2 Å². The third-order valence-corrected chi connectivity index (χ3v) is 7.87. The molecule has 2 aliphatic carbocycles. The predicted octanol–water partition coefficient (Wildman–Crippen LogP) is 8.07. The summed E-state index contributed by atoms with van der Waals surface area (Å²) >= 11 is 0. The third kappa shape index (κ3) is 4.09. The van der Waals surface area contributed by atoms with Gasteiger partial charge in [-0.05, 0) is 76.6 Å². The maximum absolute atomic E-state index is 3.20. The van der Waals surface area contributed by atoms with Crippen LogP contribution >= 0.6 is 9.24 Å². The number of hydrogen-bond acceptors (Lipinski definition) is 0. The summed E-state index contributed by atoms with van der Waals surface area (Å²) in [6, 6.07) is 14.0. The molecule has 2 aromatic carbocycles. The largest absolute Gasteiger partial charge is 0.105 e. The van der Waals surface area contributed by atoms with E-state index >= 15 is 0 Å². The monoisotopic (exact) mass is 392 g/mol. The molecule has 2 saturated carbocycles. The second-order valence-electron chi connectivity index (χ2n) is 9.44. The Morgan fingerprint density at radius 1 is 0.714 bits per heavy atom. The van der Waals surface area contributed by atoms with Gasteiger partial charge in [-0.3, -0.25) is 0 Å². The van der Waals surface area contributed by atoms with Gasteiger partial charge >= 0.3 is 0 Å². The Morgan fingerprint density at radius 2 is 1.32 bits per heavy atom. The van der Waals surface area contributed by atoms with E-state index in [9.17, 15) is 0 Å². The molecule has 2 fully saturated rings. The van der Waals surface area contributed by atoms with Crippen molar-refractivity contribution in [3.63, 3.8) is 0 Å². The van der Waals surface area contributed by atoms with E-state index in [1.54, 1.807) is 11.1 Å². The molecule has 0 saturated heterocycles. The zero-order valence-electron chi connectivity index (χ0n) is 17.8. The van der Waals surface area contributed by atoms with E-state index in [-0.39, 0.29) is 0 Å². The zero-order chi connectivity index (χ0) is 19.5. The Bertz CT molecular complexity index is 792. The minimum atomic E-state index is 0.553. The highest BCUT2D eigenvalue weighted by atomic mass is 31.0. The molecule has 0 radical (unpaired) electrons. The fourth-order valence-corrected chi connectivity index (χ4v) is 6.40. The highest BCUT2D eigenvalue weighted by Crippen LogP contribution is 2.43. The van der Waals surface area contributed by atoms with E-state index in [1.807, 2.05) is 0 Å². The standard InChI is InChI=1S/C27H37P/c1-19(2)22-15-9-10-16-24(22)25-18-17-23(20-11-5-3-6-12-20)26(27(25)28)21-13-7-4-8-14-21/h9-10,15-21H,3-8,11-14,28H2,1-2H3. The predicted molar refractivity (Wildman–Crippen MR) is 127 cm³/mol. The van der Waals surface area contributed by atoms with Crippen LogP contribution in [0.4, 0.5) is 0 Å². The van der Waals surface area contributed by atoms with E-state index in [0.29, 0.717) is 5.92 Å². The summed E-state index contributed by atoms with van der Waals surface area (Å²) in [6.07, 6.45) is 14.1. The number of rotatable bonds is 4. The van der Waals surface area contributed by atoms with Crippen molar-refractivity contribution in [3.05, 3.63) is 53.1 Å². The van der Waals surface area contributed by atoms with Gasteiger partial charge in [-0.25, -0.2) is 0 Å². The molecule has 0 nitrogen and oxygen atoms in total. The van der Waals surface area contributed by atoms with Crippen LogP contribution in [0.2, 0.25) is 0 Å². The van der Waals surface area contributed by atoms with Crippen molar-refractivity contribution >= 4 is 14.5 Å². The lowest BCUT2D eigenvalue weighted by Crippen LogP contribution is -2.20. The van der Waals surface area contributed by atoms with E-state index in [2.05, 4.69) is 59.5 Å². The van der Waals surface area contributed by atoms with Crippen LogP contribution in [0.1, 0.15) is 112 Å². The zero-order valence-corrected chi connectivity index (χ0v) is 19.0. The molecule has 0 N–H and O–H groups in total. The molecule has 2 aromatic rings. The minimum absolute atomic E-state index is 0.553. The molecule has 0 heterocycles. The SMILES string of the molecule is CC(C)c1ccccc1-c1ccc(C2CCCCC2)c(C2CCCCC2)c1P. The molecule has 4 rings (SSSR count). The summed E-state index contributed by atoms with van der Waals surface area (Å²) < 4.78 is 0. The van der Waals surface area contributed by atoms with Gasteiger partial charge in [0.25, 0.3) is 0 Å². The summed E-state index contributed by atoms with van der Waals surface area (Å²) in [5, 5.41) is 1.50. The molecule has 0 spiro atoms. The van der Waals surface area contributed by atoms with Crippen molar-refractivity contribution in [3.8, 4) is 11.1 Å². The Labute approximate surface area is 174 Å².